The molecule has 21 heavy (non-hydrogen) atoms. The first-order valence-corrected chi connectivity index (χ1v) is 7.59. The first-order valence-electron chi connectivity index (χ1n) is 7.59. The molecule has 110 valence electrons. The van der Waals surface area contributed by atoms with E-state index < -0.39 is 0 Å². The van der Waals surface area contributed by atoms with Crippen LogP contribution in [-0.4, -0.2) is 45.5 Å². The van der Waals surface area contributed by atoms with Gasteiger partial charge in [0.2, 0.25) is 5.95 Å². The van der Waals surface area contributed by atoms with Crippen LogP contribution in [0, 0.1) is 0 Å². The van der Waals surface area contributed by atoms with Gasteiger partial charge in [0.05, 0.1) is 11.4 Å². The molecule has 0 aliphatic carbocycles. The van der Waals surface area contributed by atoms with Gasteiger partial charge in [0.1, 0.15) is 0 Å². The number of likely N-dealkylation sites (tertiary alicyclic amines) is 1. The molecule has 0 bridgehead atoms. The van der Waals surface area contributed by atoms with Gasteiger partial charge in [-0.1, -0.05) is 13.0 Å². The van der Waals surface area contributed by atoms with Crippen molar-refractivity contribution in [3.8, 4) is 11.4 Å². The van der Waals surface area contributed by atoms with Crippen LogP contribution in [-0.2, 0) is 0 Å². The van der Waals surface area contributed by atoms with Gasteiger partial charge in [-0.25, -0.2) is 9.97 Å². The van der Waals surface area contributed by atoms with Gasteiger partial charge in [0.15, 0.2) is 0 Å². The topological polar surface area (TPSA) is 53.9 Å². The summed E-state index contributed by atoms with van der Waals surface area (Å²) >= 11 is 0. The highest BCUT2D eigenvalue weighted by molar-refractivity contribution is 5.54. The molecular weight excluding hydrogens is 262 g/mol. The SMILES string of the molecule is CCN1CCC[C@@H]1CNc1nccc(-c2ccccn2)n1. The van der Waals surface area contributed by atoms with Gasteiger partial charge in [-0.15, -0.1) is 0 Å². The van der Waals surface area contributed by atoms with Crippen molar-refractivity contribution in [2.24, 2.45) is 0 Å². The Balaban J connectivity index is 1.66. The molecule has 1 aliphatic rings. The lowest BCUT2D eigenvalue weighted by molar-refractivity contribution is 0.277. The van der Waals surface area contributed by atoms with Crippen LogP contribution in [0.25, 0.3) is 11.4 Å². The molecule has 0 unspecified atom stereocenters. The average Bonchev–Trinajstić information content (AvgIpc) is 3.01. The van der Waals surface area contributed by atoms with Crippen LogP contribution in [0.2, 0.25) is 0 Å². The van der Waals surface area contributed by atoms with E-state index in [9.17, 15) is 0 Å². The van der Waals surface area contributed by atoms with Gasteiger partial charge in [-0.3, -0.25) is 9.88 Å². The van der Waals surface area contributed by atoms with Crippen LogP contribution in [0.3, 0.4) is 0 Å². The Kier molecular flexibility index (Phi) is 4.40. The largest absolute Gasteiger partial charge is 0.353 e. The lowest BCUT2D eigenvalue weighted by Crippen LogP contribution is -2.34. The van der Waals surface area contributed by atoms with E-state index in [1.165, 1.54) is 19.4 Å². The van der Waals surface area contributed by atoms with Gasteiger partial charge in [0, 0.05) is 25.0 Å². The molecule has 2 aromatic rings. The van der Waals surface area contributed by atoms with Crippen LogP contribution in [0.1, 0.15) is 19.8 Å². The van der Waals surface area contributed by atoms with E-state index in [0.717, 1.165) is 24.5 Å². The smallest absolute Gasteiger partial charge is 0.223 e. The summed E-state index contributed by atoms with van der Waals surface area (Å²) in [6.45, 7) is 5.44. The van der Waals surface area contributed by atoms with E-state index >= 15 is 0 Å². The predicted octanol–water partition coefficient (Wildman–Crippen LogP) is 2.43. The summed E-state index contributed by atoms with van der Waals surface area (Å²) < 4.78 is 0. The summed E-state index contributed by atoms with van der Waals surface area (Å²) in [5.74, 6) is 0.682. The van der Waals surface area contributed by atoms with Gasteiger partial charge in [-0.2, -0.15) is 0 Å². The number of anilines is 1. The molecule has 1 saturated heterocycles. The van der Waals surface area contributed by atoms with Gasteiger partial charge >= 0.3 is 0 Å². The molecular formula is C16H21N5. The first kappa shape index (κ1) is 13.9. The lowest BCUT2D eigenvalue weighted by Gasteiger charge is -2.22. The van der Waals surface area contributed by atoms with Crippen LogP contribution in [0.4, 0.5) is 5.95 Å². The predicted molar refractivity (Wildman–Crippen MR) is 84.0 cm³/mol. The second-order valence-corrected chi connectivity index (χ2v) is 5.29. The molecule has 0 radical (unpaired) electrons. The van der Waals surface area contributed by atoms with Crippen molar-refractivity contribution in [2.75, 3.05) is 25.0 Å². The summed E-state index contributed by atoms with van der Waals surface area (Å²) in [5, 5.41) is 3.37. The molecule has 0 saturated carbocycles. The van der Waals surface area contributed by atoms with Crippen LogP contribution in [0.15, 0.2) is 36.7 Å². The quantitative estimate of drug-likeness (QED) is 0.913. The maximum absolute atomic E-state index is 4.55. The first-order chi connectivity index (χ1) is 10.4. The second kappa shape index (κ2) is 6.63. The molecule has 0 amide bonds. The molecule has 1 N–H and O–H groups in total. The molecule has 5 heteroatoms. The minimum atomic E-state index is 0.595. The highest BCUT2D eigenvalue weighted by atomic mass is 15.2. The number of likely N-dealkylation sites (N-methyl/N-ethyl adjacent to an activating group) is 1. The fourth-order valence-electron chi connectivity index (χ4n) is 2.85. The number of hydrogen-bond donors (Lipinski definition) is 1. The van der Waals surface area contributed by atoms with Crippen LogP contribution >= 0.6 is 0 Å². The minimum Gasteiger partial charge on any atom is -0.353 e. The maximum atomic E-state index is 4.55. The van der Waals surface area contributed by atoms with Crippen molar-refractivity contribution in [1.82, 2.24) is 19.9 Å². The van der Waals surface area contributed by atoms with Gasteiger partial charge in [-0.05, 0) is 44.1 Å². The standard InChI is InChI=1S/C16H21N5/c1-2-21-11-5-6-13(21)12-19-16-18-10-8-15(20-16)14-7-3-4-9-17-14/h3-4,7-10,13H,2,5-6,11-12H2,1H3,(H,18,19,20)/t13-/m1/s1. The summed E-state index contributed by atoms with van der Waals surface area (Å²) in [6.07, 6.45) is 6.10. The Morgan fingerprint density at radius 3 is 2.95 bits per heavy atom. The van der Waals surface area contributed by atoms with E-state index in [1.807, 2.05) is 24.3 Å². The lowest BCUT2D eigenvalue weighted by atomic mass is 10.2. The zero-order valence-corrected chi connectivity index (χ0v) is 12.4. The number of rotatable bonds is 5. The zero-order chi connectivity index (χ0) is 14.5. The zero-order valence-electron chi connectivity index (χ0n) is 12.4. The Morgan fingerprint density at radius 2 is 2.14 bits per heavy atom. The summed E-state index contributed by atoms with van der Waals surface area (Å²) in [5.41, 5.74) is 1.73. The Morgan fingerprint density at radius 1 is 1.19 bits per heavy atom. The normalized spacial score (nSPS) is 18.8. The Labute approximate surface area is 125 Å². The molecule has 1 fully saturated rings. The summed E-state index contributed by atoms with van der Waals surface area (Å²) in [4.78, 5) is 15.7. The van der Waals surface area contributed by atoms with Crippen molar-refractivity contribution in [2.45, 2.75) is 25.8 Å². The second-order valence-electron chi connectivity index (χ2n) is 5.29. The van der Waals surface area contributed by atoms with Gasteiger partial charge in [0.25, 0.3) is 0 Å². The third-order valence-corrected chi connectivity index (χ3v) is 3.98. The van der Waals surface area contributed by atoms with Gasteiger partial charge < -0.3 is 5.32 Å². The molecule has 1 aliphatic heterocycles. The Bertz CT molecular complexity index is 572. The van der Waals surface area contributed by atoms with Crippen molar-refractivity contribution in [3.63, 3.8) is 0 Å². The minimum absolute atomic E-state index is 0.595. The van der Waals surface area contributed by atoms with Crippen molar-refractivity contribution < 1.29 is 0 Å². The van der Waals surface area contributed by atoms with Crippen molar-refractivity contribution in [1.29, 1.82) is 0 Å². The van der Waals surface area contributed by atoms with Crippen LogP contribution < -0.4 is 5.32 Å². The number of hydrogen-bond acceptors (Lipinski definition) is 5. The molecule has 3 heterocycles. The van der Waals surface area contributed by atoms with E-state index in [-0.39, 0.29) is 0 Å². The average molecular weight is 283 g/mol. The van der Waals surface area contributed by atoms with E-state index in [2.05, 4.69) is 32.1 Å². The molecule has 5 nitrogen and oxygen atoms in total. The van der Waals surface area contributed by atoms with E-state index in [0.29, 0.717) is 12.0 Å². The van der Waals surface area contributed by atoms with Crippen molar-refractivity contribution >= 4 is 5.95 Å². The molecule has 1 atom stereocenters. The Hall–Kier alpha value is -2.01. The number of aromatic nitrogens is 3. The number of nitrogens with zero attached hydrogens (tertiary/aromatic N) is 4. The summed E-state index contributed by atoms with van der Waals surface area (Å²) in [6, 6.07) is 8.32. The molecule has 0 aromatic carbocycles. The molecule has 3 rings (SSSR count). The van der Waals surface area contributed by atoms with Crippen LogP contribution in [0.5, 0.6) is 0 Å². The third kappa shape index (κ3) is 3.36. The van der Waals surface area contributed by atoms with E-state index in [1.54, 1.807) is 12.4 Å². The fraction of sp³-hybridized carbons (Fsp3) is 0.438. The monoisotopic (exact) mass is 283 g/mol. The molecule has 0 spiro atoms. The third-order valence-electron chi connectivity index (χ3n) is 3.98. The highest BCUT2D eigenvalue weighted by Crippen LogP contribution is 2.18. The van der Waals surface area contributed by atoms with E-state index in [4.69, 9.17) is 0 Å². The van der Waals surface area contributed by atoms with Crippen molar-refractivity contribution in [3.05, 3.63) is 36.7 Å². The summed E-state index contributed by atoms with van der Waals surface area (Å²) in [7, 11) is 0. The highest BCUT2D eigenvalue weighted by Gasteiger charge is 2.22. The number of nitrogens with one attached hydrogen (secondary N) is 1. The maximum Gasteiger partial charge on any atom is 0.223 e. The number of pyridine rings is 1. The fourth-order valence-corrected chi connectivity index (χ4v) is 2.85. The molecule has 2 aromatic heterocycles.